The lowest BCUT2D eigenvalue weighted by molar-refractivity contribution is 0.0757. The molecule has 0 aromatic heterocycles. The molecule has 0 radical (unpaired) electrons. The Labute approximate surface area is 175 Å². The Kier molecular flexibility index (Phi) is 7.84. The van der Waals surface area contributed by atoms with E-state index in [1.54, 1.807) is 28.6 Å². The number of sulfonamides is 1. The predicted octanol–water partition coefficient (Wildman–Crippen LogP) is 3.39. The molecular weight excluding hydrogens is 384 g/mol. The number of nitrogens with one attached hydrogen (secondary N) is 1. The van der Waals surface area contributed by atoms with Gasteiger partial charge < -0.3 is 10.1 Å². The van der Waals surface area contributed by atoms with E-state index in [-0.39, 0.29) is 11.8 Å². The van der Waals surface area contributed by atoms with Gasteiger partial charge in [0.25, 0.3) is 0 Å². The molecule has 0 spiro atoms. The third kappa shape index (κ3) is 6.12. The molecular formula is C23H32N2O3S. The van der Waals surface area contributed by atoms with Crippen molar-refractivity contribution in [1.82, 2.24) is 9.62 Å². The van der Waals surface area contributed by atoms with Crippen LogP contribution in [0.2, 0.25) is 0 Å². The van der Waals surface area contributed by atoms with Gasteiger partial charge in [-0.25, -0.2) is 8.42 Å². The largest absolute Gasteiger partial charge is 0.376 e. The van der Waals surface area contributed by atoms with Gasteiger partial charge in [0.15, 0.2) is 0 Å². The normalized spacial score (nSPS) is 19.9. The molecule has 0 amide bonds. The van der Waals surface area contributed by atoms with Crippen LogP contribution in [0.3, 0.4) is 0 Å². The molecule has 2 atom stereocenters. The van der Waals surface area contributed by atoms with Crippen LogP contribution in [-0.4, -0.2) is 45.5 Å². The van der Waals surface area contributed by atoms with Gasteiger partial charge in [0.05, 0.1) is 18.1 Å². The zero-order chi connectivity index (χ0) is 20.7. The van der Waals surface area contributed by atoms with Crippen LogP contribution < -0.4 is 5.32 Å². The second-order valence-corrected chi connectivity index (χ2v) is 10.1. The van der Waals surface area contributed by atoms with Gasteiger partial charge in [-0.05, 0) is 36.1 Å². The molecule has 1 N–H and O–H groups in total. The fourth-order valence-corrected chi connectivity index (χ4v) is 5.46. The first-order valence-electron chi connectivity index (χ1n) is 10.3. The molecule has 2 aromatic carbocycles. The Balaban J connectivity index is 1.64. The molecule has 6 heteroatoms. The summed E-state index contributed by atoms with van der Waals surface area (Å²) in [6.45, 7) is 8.04. The third-order valence-corrected chi connectivity index (χ3v) is 7.16. The van der Waals surface area contributed by atoms with Crippen molar-refractivity contribution in [2.24, 2.45) is 17.8 Å². The SMILES string of the molecule is CC(C)CN(CC1CNCC1COCc1ccccc1)S(=O)(=O)c1ccccc1. The van der Waals surface area contributed by atoms with E-state index in [2.05, 4.69) is 31.3 Å². The fraction of sp³-hybridized carbons (Fsp3) is 0.478. The van der Waals surface area contributed by atoms with Gasteiger partial charge in [-0.2, -0.15) is 4.31 Å². The molecule has 29 heavy (non-hydrogen) atoms. The second-order valence-electron chi connectivity index (χ2n) is 8.21. The minimum Gasteiger partial charge on any atom is -0.376 e. The minimum absolute atomic E-state index is 0.239. The van der Waals surface area contributed by atoms with Crippen LogP contribution in [0.25, 0.3) is 0 Å². The number of nitrogens with zero attached hydrogens (tertiary/aromatic N) is 1. The molecule has 1 aliphatic rings. The summed E-state index contributed by atoms with van der Waals surface area (Å²) in [4.78, 5) is 0.364. The zero-order valence-electron chi connectivity index (χ0n) is 17.3. The highest BCUT2D eigenvalue weighted by atomic mass is 32.2. The molecule has 1 fully saturated rings. The van der Waals surface area contributed by atoms with Crippen LogP contribution in [0.15, 0.2) is 65.6 Å². The molecule has 2 aromatic rings. The first-order valence-corrected chi connectivity index (χ1v) is 11.8. The standard InChI is InChI=1S/C23H32N2O3S/c1-19(2)15-25(29(26,27)23-11-7-4-8-12-23)16-21-13-24-14-22(21)18-28-17-20-9-5-3-6-10-20/h3-12,19,21-22,24H,13-18H2,1-2H3. The second kappa shape index (κ2) is 10.3. The van der Waals surface area contributed by atoms with Crippen LogP contribution in [0.4, 0.5) is 0 Å². The van der Waals surface area contributed by atoms with Gasteiger partial charge in [0, 0.05) is 25.6 Å². The summed E-state index contributed by atoms with van der Waals surface area (Å²) in [5.41, 5.74) is 1.16. The lowest BCUT2D eigenvalue weighted by Gasteiger charge is -2.29. The lowest BCUT2D eigenvalue weighted by atomic mass is 9.96. The van der Waals surface area contributed by atoms with E-state index in [0.29, 0.717) is 37.1 Å². The van der Waals surface area contributed by atoms with Crippen molar-refractivity contribution in [3.63, 3.8) is 0 Å². The first kappa shape index (κ1) is 22.0. The third-order valence-electron chi connectivity index (χ3n) is 5.31. The van der Waals surface area contributed by atoms with E-state index in [9.17, 15) is 8.42 Å². The smallest absolute Gasteiger partial charge is 0.243 e. The highest BCUT2D eigenvalue weighted by Crippen LogP contribution is 2.24. The molecule has 2 unspecified atom stereocenters. The van der Waals surface area contributed by atoms with E-state index in [4.69, 9.17) is 4.74 Å². The Bertz CT molecular complexity index is 841. The van der Waals surface area contributed by atoms with Crippen LogP contribution in [0.5, 0.6) is 0 Å². The van der Waals surface area contributed by atoms with E-state index >= 15 is 0 Å². The van der Waals surface area contributed by atoms with Crippen LogP contribution in [-0.2, 0) is 21.4 Å². The number of benzene rings is 2. The summed E-state index contributed by atoms with van der Waals surface area (Å²) in [6.07, 6.45) is 0. The molecule has 1 heterocycles. The zero-order valence-corrected chi connectivity index (χ0v) is 18.1. The Morgan fingerprint density at radius 3 is 2.28 bits per heavy atom. The molecule has 0 bridgehead atoms. The fourth-order valence-electron chi connectivity index (χ4n) is 3.78. The molecule has 3 rings (SSSR count). The van der Waals surface area contributed by atoms with Gasteiger partial charge >= 0.3 is 0 Å². The Morgan fingerprint density at radius 2 is 1.62 bits per heavy atom. The molecule has 0 aliphatic carbocycles. The van der Waals surface area contributed by atoms with Crippen molar-refractivity contribution in [1.29, 1.82) is 0 Å². The van der Waals surface area contributed by atoms with E-state index in [1.807, 2.05) is 24.3 Å². The predicted molar refractivity (Wildman–Crippen MR) is 116 cm³/mol. The van der Waals surface area contributed by atoms with Gasteiger partial charge in [-0.3, -0.25) is 0 Å². The first-order chi connectivity index (χ1) is 14.0. The summed E-state index contributed by atoms with van der Waals surface area (Å²) < 4.78 is 34.1. The van der Waals surface area contributed by atoms with Crippen LogP contribution >= 0.6 is 0 Å². The molecule has 158 valence electrons. The lowest BCUT2D eigenvalue weighted by Crippen LogP contribution is -2.40. The van der Waals surface area contributed by atoms with Gasteiger partial charge in [0.2, 0.25) is 10.0 Å². The molecule has 0 saturated carbocycles. The van der Waals surface area contributed by atoms with Crippen molar-refractivity contribution >= 4 is 10.0 Å². The van der Waals surface area contributed by atoms with Crippen molar-refractivity contribution in [3.05, 3.63) is 66.2 Å². The number of hydrogen-bond acceptors (Lipinski definition) is 4. The number of hydrogen-bond donors (Lipinski definition) is 1. The maximum atomic E-state index is 13.2. The van der Waals surface area contributed by atoms with Crippen molar-refractivity contribution in [2.45, 2.75) is 25.3 Å². The summed E-state index contributed by atoms with van der Waals surface area (Å²) >= 11 is 0. The van der Waals surface area contributed by atoms with Crippen molar-refractivity contribution < 1.29 is 13.2 Å². The van der Waals surface area contributed by atoms with Crippen molar-refractivity contribution in [3.8, 4) is 0 Å². The number of rotatable bonds is 10. The summed E-state index contributed by atoms with van der Waals surface area (Å²) in [7, 11) is -3.51. The quantitative estimate of drug-likeness (QED) is 0.645. The highest BCUT2D eigenvalue weighted by Gasteiger charge is 2.33. The monoisotopic (exact) mass is 416 g/mol. The topological polar surface area (TPSA) is 58.6 Å². The van der Waals surface area contributed by atoms with Gasteiger partial charge in [-0.15, -0.1) is 0 Å². The van der Waals surface area contributed by atoms with E-state index in [0.717, 1.165) is 18.7 Å². The van der Waals surface area contributed by atoms with E-state index < -0.39 is 10.0 Å². The Morgan fingerprint density at radius 1 is 1.00 bits per heavy atom. The average molecular weight is 417 g/mol. The molecule has 1 aliphatic heterocycles. The average Bonchev–Trinajstić information content (AvgIpc) is 3.16. The highest BCUT2D eigenvalue weighted by molar-refractivity contribution is 7.89. The van der Waals surface area contributed by atoms with Gasteiger partial charge in [0.1, 0.15) is 0 Å². The summed E-state index contributed by atoms with van der Waals surface area (Å²) in [5.74, 6) is 0.804. The maximum Gasteiger partial charge on any atom is 0.243 e. The maximum absolute atomic E-state index is 13.2. The number of ether oxygens (including phenoxy) is 1. The summed E-state index contributed by atoms with van der Waals surface area (Å²) in [6, 6.07) is 18.9. The molecule has 5 nitrogen and oxygen atoms in total. The molecule has 1 saturated heterocycles. The Hall–Kier alpha value is -1.73. The van der Waals surface area contributed by atoms with Crippen LogP contribution in [0, 0.1) is 17.8 Å². The van der Waals surface area contributed by atoms with Crippen LogP contribution in [0.1, 0.15) is 19.4 Å². The minimum atomic E-state index is -3.51. The summed E-state index contributed by atoms with van der Waals surface area (Å²) in [5, 5.41) is 3.42. The van der Waals surface area contributed by atoms with E-state index in [1.165, 1.54) is 0 Å². The van der Waals surface area contributed by atoms with Gasteiger partial charge in [-0.1, -0.05) is 62.4 Å². The van der Waals surface area contributed by atoms with Crippen molar-refractivity contribution in [2.75, 3.05) is 32.8 Å².